The van der Waals surface area contributed by atoms with Gasteiger partial charge >= 0.3 is 0 Å². The second-order valence-corrected chi connectivity index (χ2v) is 10.8. The van der Waals surface area contributed by atoms with Gasteiger partial charge in [0, 0.05) is 0 Å². The van der Waals surface area contributed by atoms with Crippen molar-refractivity contribution in [2.45, 2.75) is 120 Å². The number of nitrogens with two attached hydrogens (primary N) is 3. The van der Waals surface area contributed by atoms with Crippen LogP contribution in [0.4, 0.5) is 0 Å². The van der Waals surface area contributed by atoms with E-state index in [4.69, 9.17) is 56.9 Å². The fourth-order valence-electron chi connectivity index (χ4n) is 4.20. The SMILES string of the molecule is CC(CO)OC(C(C)C)C(N)CO.CCC(C)C1OC(CO)C(O)C(O)C1N.NC1C(O)OC(CO)C(O)C1O. The van der Waals surface area contributed by atoms with Crippen molar-refractivity contribution in [3.8, 4) is 0 Å². The first-order valence-electron chi connectivity index (χ1n) is 13.7. The van der Waals surface area contributed by atoms with E-state index in [-0.39, 0.29) is 56.0 Å². The van der Waals surface area contributed by atoms with Crippen LogP contribution in [0.25, 0.3) is 0 Å². The molecule has 14 atom stereocenters. The number of ether oxygens (including phenoxy) is 3. The Morgan fingerprint density at radius 2 is 1.20 bits per heavy atom. The van der Waals surface area contributed by atoms with E-state index in [0.29, 0.717) is 0 Å². The lowest BCUT2D eigenvalue weighted by Gasteiger charge is -2.43. The van der Waals surface area contributed by atoms with Crippen LogP contribution in [0.2, 0.25) is 0 Å². The lowest BCUT2D eigenvalue weighted by molar-refractivity contribution is -0.248. The van der Waals surface area contributed by atoms with Gasteiger partial charge in [-0.25, -0.2) is 0 Å². The lowest BCUT2D eigenvalue weighted by Crippen LogP contribution is -2.63. The van der Waals surface area contributed by atoms with Crippen LogP contribution in [0, 0.1) is 11.8 Å². The summed E-state index contributed by atoms with van der Waals surface area (Å²) in [5, 5.41) is 82.0. The Kier molecular flexibility index (Phi) is 19.3. The average Bonchev–Trinajstić information content (AvgIpc) is 2.95. The molecule has 0 aromatic heterocycles. The molecule has 0 bridgehead atoms. The van der Waals surface area contributed by atoms with Crippen LogP contribution in [0.15, 0.2) is 0 Å². The predicted octanol–water partition coefficient (Wildman–Crippen LogP) is -4.69. The zero-order chi connectivity index (χ0) is 31.3. The summed E-state index contributed by atoms with van der Waals surface area (Å²) >= 11 is 0. The highest BCUT2D eigenvalue weighted by Crippen LogP contribution is 2.26. The smallest absolute Gasteiger partial charge is 0.173 e. The second kappa shape index (κ2) is 19.6. The highest BCUT2D eigenvalue weighted by Gasteiger charge is 2.44. The molecule has 0 spiro atoms. The summed E-state index contributed by atoms with van der Waals surface area (Å²) < 4.78 is 15.7. The second-order valence-electron chi connectivity index (χ2n) is 10.8. The number of aliphatic hydroxyl groups excluding tert-OH is 9. The molecular weight excluding hydrogens is 534 g/mol. The van der Waals surface area contributed by atoms with Crippen molar-refractivity contribution < 1.29 is 60.2 Å². The Balaban J connectivity index is 0.000000574. The summed E-state index contributed by atoms with van der Waals surface area (Å²) in [5.74, 6) is 0.423. The lowest BCUT2D eigenvalue weighted by atomic mass is 9.86. The van der Waals surface area contributed by atoms with Crippen molar-refractivity contribution in [1.29, 1.82) is 0 Å². The predicted molar refractivity (Wildman–Crippen MR) is 144 cm³/mol. The van der Waals surface area contributed by atoms with Gasteiger partial charge in [0.25, 0.3) is 0 Å². The number of aliphatic hydroxyl groups is 9. The first kappa shape index (κ1) is 39.4. The monoisotopic (exact) mass is 589 g/mol. The first-order chi connectivity index (χ1) is 18.6. The fourth-order valence-corrected chi connectivity index (χ4v) is 4.20. The Bertz CT molecular complexity index is 647. The molecule has 2 fully saturated rings. The van der Waals surface area contributed by atoms with Gasteiger partial charge < -0.3 is 77.4 Å². The molecule has 15 nitrogen and oxygen atoms in total. The van der Waals surface area contributed by atoms with Gasteiger partial charge in [-0.3, -0.25) is 0 Å². The van der Waals surface area contributed by atoms with Crippen molar-refractivity contribution >= 4 is 0 Å². The van der Waals surface area contributed by atoms with Crippen LogP contribution >= 0.6 is 0 Å². The molecule has 0 aliphatic carbocycles. The minimum Gasteiger partial charge on any atom is -0.395 e. The molecule has 2 rings (SSSR count). The third kappa shape index (κ3) is 11.6. The quantitative estimate of drug-likeness (QED) is 0.114. The van der Waals surface area contributed by atoms with E-state index in [2.05, 4.69) is 0 Å². The maximum atomic E-state index is 9.70. The minimum absolute atomic E-state index is 0.0264. The molecule has 0 radical (unpaired) electrons. The average molecular weight is 590 g/mol. The molecule has 0 saturated carbocycles. The Morgan fingerprint density at radius 1 is 0.725 bits per heavy atom. The van der Waals surface area contributed by atoms with E-state index in [1.54, 1.807) is 6.92 Å². The molecule has 2 aliphatic rings. The van der Waals surface area contributed by atoms with Crippen molar-refractivity contribution in [1.82, 2.24) is 0 Å². The van der Waals surface area contributed by atoms with Gasteiger partial charge in [0.15, 0.2) is 6.29 Å². The van der Waals surface area contributed by atoms with Crippen LogP contribution in [0.1, 0.15) is 41.0 Å². The molecule has 2 aliphatic heterocycles. The van der Waals surface area contributed by atoms with Crippen LogP contribution in [-0.4, -0.2) is 152 Å². The molecule has 15 N–H and O–H groups in total. The molecule has 15 heteroatoms. The number of rotatable bonds is 10. The highest BCUT2D eigenvalue weighted by atomic mass is 16.6. The summed E-state index contributed by atoms with van der Waals surface area (Å²) in [6.45, 7) is 8.81. The van der Waals surface area contributed by atoms with Gasteiger partial charge in [-0.15, -0.1) is 0 Å². The van der Waals surface area contributed by atoms with E-state index in [9.17, 15) is 20.4 Å². The van der Waals surface area contributed by atoms with Crippen LogP contribution in [0.5, 0.6) is 0 Å². The Hall–Kier alpha value is -0.600. The fraction of sp³-hybridized carbons (Fsp3) is 1.00. The topological polar surface area (TPSA) is 288 Å². The normalized spacial score (nSPS) is 37.4. The molecule has 0 aromatic rings. The van der Waals surface area contributed by atoms with Gasteiger partial charge in [-0.05, 0) is 18.8 Å². The third-order valence-corrected chi connectivity index (χ3v) is 7.11. The molecule has 242 valence electrons. The van der Waals surface area contributed by atoms with Crippen LogP contribution < -0.4 is 17.2 Å². The summed E-state index contributed by atoms with van der Waals surface area (Å²) in [6, 6.07) is -2.02. The molecule has 14 unspecified atom stereocenters. The molecule has 0 aromatic carbocycles. The maximum Gasteiger partial charge on any atom is 0.173 e. The van der Waals surface area contributed by atoms with Crippen molar-refractivity contribution in [3.05, 3.63) is 0 Å². The molecular formula is C25H55N3O12. The van der Waals surface area contributed by atoms with Crippen LogP contribution in [0.3, 0.4) is 0 Å². The van der Waals surface area contributed by atoms with E-state index < -0.39 is 61.6 Å². The van der Waals surface area contributed by atoms with Gasteiger partial charge in [-0.2, -0.15) is 0 Å². The summed E-state index contributed by atoms with van der Waals surface area (Å²) in [7, 11) is 0. The summed E-state index contributed by atoms with van der Waals surface area (Å²) in [6.07, 6.45) is -7.60. The van der Waals surface area contributed by atoms with Crippen molar-refractivity contribution in [2.24, 2.45) is 29.0 Å². The molecule has 2 saturated heterocycles. The molecule has 2 heterocycles. The first-order valence-corrected chi connectivity index (χ1v) is 13.7. The van der Waals surface area contributed by atoms with Crippen molar-refractivity contribution in [2.75, 3.05) is 26.4 Å². The van der Waals surface area contributed by atoms with Gasteiger partial charge in [0.05, 0.1) is 62.9 Å². The Morgan fingerprint density at radius 3 is 1.60 bits per heavy atom. The highest BCUT2D eigenvalue weighted by molar-refractivity contribution is 4.96. The standard InChI is InChI=1S/C10H21NO4.C9H21NO3.C6H13NO5/c1-3-5(2)10-7(11)9(14)8(13)6(4-12)15-10;1-6(2)9(8(10)5-12)13-7(3)4-11;7-3-5(10)4(9)2(1-8)12-6(3)11/h5-10,12-14H,3-4,11H2,1-2H3;6-9,11-12H,4-5,10H2,1-3H3;2-6,8-11H,1,7H2. The third-order valence-electron chi connectivity index (χ3n) is 7.11. The summed E-state index contributed by atoms with van der Waals surface area (Å²) in [4.78, 5) is 0. The van der Waals surface area contributed by atoms with E-state index in [1.807, 2.05) is 27.7 Å². The minimum atomic E-state index is -1.35. The Labute approximate surface area is 236 Å². The van der Waals surface area contributed by atoms with Gasteiger partial charge in [0.2, 0.25) is 0 Å². The number of hydrogen-bond acceptors (Lipinski definition) is 15. The molecule has 40 heavy (non-hydrogen) atoms. The van der Waals surface area contributed by atoms with Crippen molar-refractivity contribution in [3.63, 3.8) is 0 Å². The van der Waals surface area contributed by atoms with Gasteiger partial charge in [-0.1, -0.05) is 34.1 Å². The van der Waals surface area contributed by atoms with E-state index in [0.717, 1.165) is 6.42 Å². The molecule has 0 amide bonds. The number of hydrogen-bond donors (Lipinski definition) is 12. The summed E-state index contributed by atoms with van der Waals surface area (Å²) in [5.41, 5.74) is 16.7. The van der Waals surface area contributed by atoms with Crippen LogP contribution in [-0.2, 0) is 14.2 Å². The maximum absolute atomic E-state index is 9.70. The van der Waals surface area contributed by atoms with E-state index >= 15 is 0 Å². The van der Waals surface area contributed by atoms with Gasteiger partial charge in [0.1, 0.15) is 36.6 Å². The zero-order valence-electron chi connectivity index (χ0n) is 24.2. The largest absolute Gasteiger partial charge is 0.395 e. The zero-order valence-corrected chi connectivity index (χ0v) is 24.2. The van der Waals surface area contributed by atoms with E-state index in [1.165, 1.54) is 0 Å².